The molecule has 6 nitrogen and oxygen atoms in total. The average molecular weight is 424 g/mol. The Balaban J connectivity index is 1.33. The van der Waals surface area contributed by atoms with Crippen LogP contribution in [0, 0.1) is 5.82 Å². The summed E-state index contributed by atoms with van der Waals surface area (Å²) < 4.78 is 19.2. The second-order valence-electron chi connectivity index (χ2n) is 8.31. The number of benzene rings is 2. The minimum atomic E-state index is -0.229. The Bertz CT molecular complexity index is 1030. The number of para-hydroxylation sites is 1. The summed E-state index contributed by atoms with van der Waals surface area (Å²) in [4.78, 5) is 11.5. The third kappa shape index (κ3) is 5.05. The van der Waals surface area contributed by atoms with Crippen molar-refractivity contribution in [3.63, 3.8) is 0 Å². The van der Waals surface area contributed by atoms with Gasteiger partial charge in [-0.3, -0.25) is 0 Å². The molecule has 0 saturated heterocycles. The Labute approximate surface area is 182 Å². The van der Waals surface area contributed by atoms with Gasteiger partial charge in [-0.2, -0.15) is 4.98 Å². The SMILES string of the molecule is COc1ccc(CNC2CCC(Nc3nc(N(C)C)c4ccccc4n3)CC2)c(F)c1. The number of hydrogen-bond acceptors (Lipinski definition) is 6. The van der Waals surface area contributed by atoms with Crippen LogP contribution >= 0.6 is 0 Å². The summed E-state index contributed by atoms with van der Waals surface area (Å²) in [5, 5.41) is 8.09. The van der Waals surface area contributed by atoms with Crippen molar-refractivity contribution in [1.29, 1.82) is 0 Å². The van der Waals surface area contributed by atoms with Crippen molar-refractivity contribution in [2.45, 2.75) is 44.3 Å². The highest BCUT2D eigenvalue weighted by Crippen LogP contribution is 2.26. The molecule has 1 aliphatic carbocycles. The third-order valence-electron chi connectivity index (χ3n) is 5.91. The van der Waals surface area contributed by atoms with E-state index in [-0.39, 0.29) is 5.82 Å². The van der Waals surface area contributed by atoms with Crippen LogP contribution in [0.15, 0.2) is 42.5 Å². The number of hydrogen-bond donors (Lipinski definition) is 2. The summed E-state index contributed by atoms with van der Waals surface area (Å²) in [5.41, 5.74) is 1.61. The summed E-state index contributed by atoms with van der Waals surface area (Å²) in [5.74, 6) is 1.91. The molecule has 0 radical (unpaired) electrons. The van der Waals surface area contributed by atoms with E-state index in [4.69, 9.17) is 14.7 Å². The van der Waals surface area contributed by atoms with Gasteiger partial charge in [-0.1, -0.05) is 18.2 Å². The van der Waals surface area contributed by atoms with Gasteiger partial charge in [0.2, 0.25) is 5.95 Å². The first-order chi connectivity index (χ1) is 15.0. The van der Waals surface area contributed by atoms with Crippen molar-refractivity contribution < 1.29 is 9.13 Å². The zero-order chi connectivity index (χ0) is 21.8. The van der Waals surface area contributed by atoms with Crippen LogP contribution in [0.1, 0.15) is 31.2 Å². The van der Waals surface area contributed by atoms with Crippen LogP contribution in [-0.4, -0.2) is 43.3 Å². The number of anilines is 2. The first kappa shape index (κ1) is 21.3. The first-order valence-corrected chi connectivity index (χ1v) is 10.8. The summed E-state index contributed by atoms with van der Waals surface area (Å²) >= 11 is 0. The lowest BCUT2D eigenvalue weighted by Gasteiger charge is -2.30. The minimum Gasteiger partial charge on any atom is -0.497 e. The number of halogens is 1. The number of ether oxygens (including phenoxy) is 1. The van der Waals surface area contributed by atoms with Crippen LogP contribution in [0.2, 0.25) is 0 Å². The molecule has 0 unspecified atom stereocenters. The molecular formula is C24H30FN5O. The highest BCUT2D eigenvalue weighted by molar-refractivity contribution is 5.90. The molecule has 1 saturated carbocycles. The van der Waals surface area contributed by atoms with Crippen molar-refractivity contribution >= 4 is 22.7 Å². The maximum Gasteiger partial charge on any atom is 0.225 e. The van der Waals surface area contributed by atoms with Crippen LogP contribution in [-0.2, 0) is 6.54 Å². The van der Waals surface area contributed by atoms with Gasteiger partial charge >= 0.3 is 0 Å². The fraction of sp³-hybridized carbons (Fsp3) is 0.417. The first-order valence-electron chi connectivity index (χ1n) is 10.8. The molecule has 0 aliphatic heterocycles. The smallest absolute Gasteiger partial charge is 0.225 e. The highest BCUT2D eigenvalue weighted by Gasteiger charge is 2.22. The van der Waals surface area contributed by atoms with E-state index in [0.717, 1.165) is 42.4 Å². The standard InChI is InChI=1S/C24H30FN5O/c1-30(2)23-20-6-4-5-7-22(20)28-24(29-23)27-18-11-9-17(10-12-18)26-15-16-8-13-19(31-3)14-21(16)25/h4-8,13-14,17-18,26H,9-12,15H2,1-3H3,(H,27,28,29). The molecule has 0 amide bonds. The zero-order valence-electron chi connectivity index (χ0n) is 18.4. The Hall–Kier alpha value is -2.93. The van der Waals surface area contributed by atoms with Gasteiger partial charge in [-0.05, 0) is 43.9 Å². The molecule has 31 heavy (non-hydrogen) atoms. The Morgan fingerprint density at radius 3 is 2.48 bits per heavy atom. The maximum absolute atomic E-state index is 14.1. The maximum atomic E-state index is 14.1. The van der Waals surface area contributed by atoms with E-state index >= 15 is 0 Å². The Morgan fingerprint density at radius 1 is 1.03 bits per heavy atom. The zero-order valence-corrected chi connectivity index (χ0v) is 18.4. The number of nitrogens with one attached hydrogen (secondary N) is 2. The quantitative estimate of drug-likeness (QED) is 0.589. The lowest BCUT2D eigenvalue weighted by Crippen LogP contribution is -2.37. The van der Waals surface area contributed by atoms with Gasteiger partial charge < -0.3 is 20.3 Å². The fourth-order valence-corrected chi connectivity index (χ4v) is 4.14. The van der Waals surface area contributed by atoms with Gasteiger partial charge in [0.1, 0.15) is 17.4 Å². The minimum absolute atomic E-state index is 0.229. The molecule has 1 fully saturated rings. The summed E-state index contributed by atoms with van der Waals surface area (Å²) in [6.45, 7) is 0.526. The molecule has 7 heteroatoms. The molecule has 0 spiro atoms. The van der Waals surface area contributed by atoms with E-state index in [1.807, 2.05) is 37.2 Å². The molecule has 4 rings (SSSR count). The van der Waals surface area contributed by atoms with Crippen molar-refractivity contribution in [3.05, 3.63) is 53.8 Å². The predicted octanol–water partition coefficient (Wildman–Crippen LogP) is 4.36. The molecule has 2 N–H and O–H groups in total. The number of nitrogens with zero attached hydrogens (tertiary/aromatic N) is 3. The Kier molecular flexibility index (Phi) is 6.51. The van der Waals surface area contributed by atoms with E-state index in [2.05, 4.69) is 16.7 Å². The topological polar surface area (TPSA) is 62.3 Å². The third-order valence-corrected chi connectivity index (χ3v) is 5.91. The molecular weight excluding hydrogens is 393 g/mol. The molecule has 1 aromatic heterocycles. The van der Waals surface area contributed by atoms with Crippen LogP contribution in [0.25, 0.3) is 10.9 Å². The van der Waals surface area contributed by atoms with Crippen LogP contribution in [0.5, 0.6) is 5.75 Å². The largest absolute Gasteiger partial charge is 0.497 e. The van der Waals surface area contributed by atoms with Gasteiger partial charge in [0.25, 0.3) is 0 Å². The van der Waals surface area contributed by atoms with Gasteiger partial charge in [-0.15, -0.1) is 0 Å². The van der Waals surface area contributed by atoms with E-state index in [9.17, 15) is 4.39 Å². The van der Waals surface area contributed by atoms with Gasteiger partial charge in [-0.25, -0.2) is 9.37 Å². The second-order valence-corrected chi connectivity index (χ2v) is 8.31. The monoisotopic (exact) mass is 423 g/mol. The average Bonchev–Trinajstić information content (AvgIpc) is 2.78. The predicted molar refractivity (Wildman–Crippen MR) is 123 cm³/mol. The van der Waals surface area contributed by atoms with E-state index < -0.39 is 0 Å². The number of methoxy groups -OCH3 is 1. The number of aromatic nitrogens is 2. The van der Waals surface area contributed by atoms with Gasteiger partial charge in [0.05, 0.1) is 12.6 Å². The Morgan fingerprint density at radius 2 is 1.77 bits per heavy atom. The second kappa shape index (κ2) is 9.47. The van der Waals surface area contributed by atoms with Crippen LogP contribution in [0.4, 0.5) is 16.2 Å². The molecule has 3 aromatic rings. The van der Waals surface area contributed by atoms with Crippen molar-refractivity contribution in [2.75, 3.05) is 31.4 Å². The summed E-state index contributed by atoms with van der Waals surface area (Å²) in [6.07, 6.45) is 4.11. The van der Waals surface area contributed by atoms with Gasteiger partial charge in [0, 0.05) is 49.7 Å². The molecule has 164 valence electrons. The number of rotatable bonds is 7. The van der Waals surface area contributed by atoms with Crippen LogP contribution in [0.3, 0.4) is 0 Å². The highest BCUT2D eigenvalue weighted by atomic mass is 19.1. The number of fused-ring (bicyclic) bond motifs is 1. The molecule has 1 aliphatic rings. The van der Waals surface area contributed by atoms with Crippen LogP contribution < -0.4 is 20.3 Å². The van der Waals surface area contributed by atoms with E-state index in [0.29, 0.717) is 35.9 Å². The lowest BCUT2D eigenvalue weighted by molar-refractivity contribution is 0.350. The van der Waals surface area contributed by atoms with Crippen molar-refractivity contribution in [3.8, 4) is 5.75 Å². The molecule has 0 bridgehead atoms. The molecule has 2 aromatic carbocycles. The molecule has 1 heterocycles. The summed E-state index contributed by atoms with van der Waals surface area (Å²) in [6, 6.07) is 13.8. The van der Waals surface area contributed by atoms with Gasteiger partial charge in [0.15, 0.2) is 0 Å². The lowest BCUT2D eigenvalue weighted by atomic mass is 9.91. The summed E-state index contributed by atoms with van der Waals surface area (Å²) in [7, 11) is 5.55. The fourth-order valence-electron chi connectivity index (χ4n) is 4.14. The normalized spacial score (nSPS) is 18.7. The molecule has 0 atom stereocenters. The van der Waals surface area contributed by atoms with Crippen molar-refractivity contribution in [1.82, 2.24) is 15.3 Å². The van der Waals surface area contributed by atoms with Crippen molar-refractivity contribution in [2.24, 2.45) is 0 Å². The van der Waals surface area contributed by atoms with E-state index in [1.165, 1.54) is 6.07 Å². The van der Waals surface area contributed by atoms with E-state index in [1.54, 1.807) is 19.2 Å².